The van der Waals surface area contributed by atoms with Crippen LogP contribution in [0.1, 0.15) is 11.1 Å². The molecular formula is C12H11BrClN3. The Kier molecular flexibility index (Phi) is 3.64. The van der Waals surface area contributed by atoms with E-state index in [-0.39, 0.29) is 5.28 Å². The molecule has 0 aliphatic carbocycles. The first kappa shape index (κ1) is 12.3. The Labute approximate surface area is 113 Å². The lowest BCUT2D eigenvalue weighted by molar-refractivity contribution is 1.15. The highest BCUT2D eigenvalue weighted by Crippen LogP contribution is 2.26. The highest BCUT2D eigenvalue weighted by Gasteiger charge is 2.06. The molecule has 0 aliphatic heterocycles. The molecule has 1 heterocycles. The molecule has 1 aromatic heterocycles. The van der Waals surface area contributed by atoms with Gasteiger partial charge in [0.05, 0.1) is 4.47 Å². The lowest BCUT2D eigenvalue weighted by Gasteiger charge is -2.11. The molecule has 3 nitrogen and oxygen atoms in total. The van der Waals surface area contributed by atoms with Crippen molar-refractivity contribution in [1.29, 1.82) is 0 Å². The van der Waals surface area contributed by atoms with Crippen LogP contribution >= 0.6 is 27.5 Å². The van der Waals surface area contributed by atoms with Crippen molar-refractivity contribution in [3.05, 3.63) is 45.3 Å². The molecule has 1 N–H and O–H groups in total. The van der Waals surface area contributed by atoms with Gasteiger partial charge < -0.3 is 5.32 Å². The standard InChI is InChI=1S/C12H11BrClN3/c1-7-4-3-5-10(8(7)2)16-11-9(13)6-15-12(14)17-11/h3-6H,1-2H3,(H,15,16,17). The zero-order valence-electron chi connectivity index (χ0n) is 9.46. The first-order valence-electron chi connectivity index (χ1n) is 5.09. The first-order chi connectivity index (χ1) is 8.08. The molecule has 0 fully saturated rings. The van der Waals surface area contributed by atoms with Crippen molar-refractivity contribution in [3.63, 3.8) is 0 Å². The van der Waals surface area contributed by atoms with E-state index in [1.807, 2.05) is 12.1 Å². The predicted molar refractivity (Wildman–Crippen MR) is 73.9 cm³/mol. The van der Waals surface area contributed by atoms with Gasteiger partial charge in [-0.1, -0.05) is 12.1 Å². The van der Waals surface area contributed by atoms with Crippen molar-refractivity contribution < 1.29 is 0 Å². The average Bonchev–Trinajstić information content (AvgIpc) is 2.30. The fourth-order valence-corrected chi connectivity index (χ4v) is 1.87. The summed E-state index contributed by atoms with van der Waals surface area (Å²) >= 11 is 9.16. The molecule has 0 amide bonds. The minimum absolute atomic E-state index is 0.223. The number of rotatable bonds is 2. The normalized spacial score (nSPS) is 10.4. The van der Waals surface area contributed by atoms with Crippen LogP contribution in [0.25, 0.3) is 0 Å². The molecular weight excluding hydrogens is 302 g/mol. The highest BCUT2D eigenvalue weighted by molar-refractivity contribution is 9.10. The topological polar surface area (TPSA) is 37.8 Å². The number of anilines is 2. The van der Waals surface area contributed by atoms with E-state index >= 15 is 0 Å². The van der Waals surface area contributed by atoms with E-state index in [4.69, 9.17) is 11.6 Å². The molecule has 0 aliphatic rings. The van der Waals surface area contributed by atoms with E-state index in [1.165, 1.54) is 11.1 Å². The summed E-state index contributed by atoms with van der Waals surface area (Å²) in [6.45, 7) is 4.14. The van der Waals surface area contributed by atoms with Crippen LogP contribution in [0.4, 0.5) is 11.5 Å². The largest absolute Gasteiger partial charge is 0.339 e. The third-order valence-electron chi connectivity index (χ3n) is 2.57. The molecule has 88 valence electrons. The second-order valence-electron chi connectivity index (χ2n) is 3.71. The molecule has 2 rings (SSSR count). The number of aromatic nitrogens is 2. The molecule has 0 saturated carbocycles. The van der Waals surface area contributed by atoms with E-state index in [1.54, 1.807) is 6.20 Å². The van der Waals surface area contributed by atoms with Gasteiger partial charge in [-0.2, -0.15) is 4.98 Å². The van der Waals surface area contributed by atoms with Gasteiger partial charge in [-0.05, 0) is 58.6 Å². The van der Waals surface area contributed by atoms with E-state index in [0.29, 0.717) is 5.82 Å². The van der Waals surface area contributed by atoms with Crippen LogP contribution in [0.5, 0.6) is 0 Å². The maximum Gasteiger partial charge on any atom is 0.224 e. The van der Waals surface area contributed by atoms with Gasteiger partial charge in [0, 0.05) is 11.9 Å². The van der Waals surface area contributed by atoms with Crippen molar-refractivity contribution in [2.24, 2.45) is 0 Å². The zero-order chi connectivity index (χ0) is 12.4. The fraction of sp³-hybridized carbons (Fsp3) is 0.167. The van der Waals surface area contributed by atoms with E-state index < -0.39 is 0 Å². The molecule has 0 saturated heterocycles. The van der Waals surface area contributed by atoms with Crippen molar-refractivity contribution in [1.82, 2.24) is 9.97 Å². The number of benzene rings is 1. The first-order valence-corrected chi connectivity index (χ1v) is 6.26. The minimum Gasteiger partial charge on any atom is -0.339 e. The Balaban J connectivity index is 2.38. The SMILES string of the molecule is Cc1cccc(Nc2nc(Cl)ncc2Br)c1C. The molecule has 0 spiro atoms. The summed E-state index contributed by atoms with van der Waals surface area (Å²) in [7, 11) is 0. The van der Waals surface area contributed by atoms with Gasteiger partial charge in [0.15, 0.2) is 0 Å². The third-order valence-corrected chi connectivity index (χ3v) is 3.33. The van der Waals surface area contributed by atoms with Crippen molar-refractivity contribution >= 4 is 39.0 Å². The van der Waals surface area contributed by atoms with Crippen LogP contribution in [-0.4, -0.2) is 9.97 Å². The molecule has 5 heteroatoms. The molecule has 0 unspecified atom stereocenters. The monoisotopic (exact) mass is 311 g/mol. The minimum atomic E-state index is 0.223. The van der Waals surface area contributed by atoms with Crippen molar-refractivity contribution in [3.8, 4) is 0 Å². The predicted octanol–water partition coefficient (Wildman–Crippen LogP) is 4.25. The number of nitrogens with one attached hydrogen (secondary N) is 1. The molecule has 0 atom stereocenters. The van der Waals surface area contributed by atoms with Crippen LogP contribution in [0.15, 0.2) is 28.9 Å². The summed E-state index contributed by atoms with van der Waals surface area (Å²) < 4.78 is 0.780. The van der Waals surface area contributed by atoms with Crippen LogP contribution in [0, 0.1) is 13.8 Å². The van der Waals surface area contributed by atoms with E-state index in [0.717, 1.165) is 10.2 Å². The van der Waals surface area contributed by atoms with Crippen molar-refractivity contribution in [2.75, 3.05) is 5.32 Å². The van der Waals surface area contributed by atoms with Gasteiger partial charge in [0.2, 0.25) is 5.28 Å². The molecule has 0 radical (unpaired) electrons. The zero-order valence-corrected chi connectivity index (χ0v) is 11.8. The van der Waals surface area contributed by atoms with E-state index in [9.17, 15) is 0 Å². The summed E-state index contributed by atoms with van der Waals surface area (Å²) in [4.78, 5) is 8.02. The van der Waals surface area contributed by atoms with E-state index in [2.05, 4.69) is 51.1 Å². The summed E-state index contributed by atoms with van der Waals surface area (Å²) in [5, 5.41) is 3.46. The summed E-state index contributed by atoms with van der Waals surface area (Å²) in [5.74, 6) is 0.665. The summed E-state index contributed by atoms with van der Waals surface area (Å²) in [5.41, 5.74) is 3.43. The number of aryl methyl sites for hydroxylation is 1. The Bertz CT molecular complexity index is 557. The smallest absolute Gasteiger partial charge is 0.224 e. The Morgan fingerprint density at radius 3 is 2.82 bits per heavy atom. The van der Waals surface area contributed by atoms with Gasteiger partial charge in [-0.3, -0.25) is 0 Å². The van der Waals surface area contributed by atoms with Gasteiger partial charge >= 0.3 is 0 Å². The number of hydrogen-bond acceptors (Lipinski definition) is 3. The number of halogens is 2. The van der Waals surface area contributed by atoms with Crippen LogP contribution in [-0.2, 0) is 0 Å². The number of hydrogen-bond donors (Lipinski definition) is 1. The second-order valence-corrected chi connectivity index (χ2v) is 4.90. The van der Waals surface area contributed by atoms with Crippen LogP contribution in [0.3, 0.4) is 0 Å². The quantitative estimate of drug-likeness (QED) is 0.842. The Morgan fingerprint density at radius 1 is 1.29 bits per heavy atom. The van der Waals surface area contributed by atoms with Gasteiger partial charge in [-0.25, -0.2) is 4.98 Å². The van der Waals surface area contributed by atoms with Gasteiger partial charge in [0.25, 0.3) is 0 Å². The molecule has 17 heavy (non-hydrogen) atoms. The van der Waals surface area contributed by atoms with Crippen LogP contribution in [0.2, 0.25) is 5.28 Å². The molecule has 2 aromatic rings. The molecule has 1 aromatic carbocycles. The fourth-order valence-electron chi connectivity index (χ4n) is 1.45. The Hall–Kier alpha value is -1.13. The Morgan fingerprint density at radius 2 is 2.06 bits per heavy atom. The van der Waals surface area contributed by atoms with Crippen LogP contribution < -0.4 is 5.32 Å². The van der Waals surface area contributed by atoms with Gasteiger partial charge in [0.1, 0.15) is 5.82 Å². The van der Waals surface area contributed by atoms with Crippen molar-refractivity contribution in [2.45, 2.75) is 13.8 Å². The number of nitrogens with zero attached hydrogens (tertiary/aromatic N) is 2. The third kappa shape index (κ3) is 2.76. The maximum absolute atomic E-state index is 5.77. The van der Waals surface area contributed by atoms with Gasteiger partial charge in [-0.15, -0.1) is 0 Å². The summed E-state index contributed by atoms with van der Waals surface area (Å²) in [6, 6.07) is 6.08. The maximum atomic E-state index is 5.77. The lowest BCUT2D eigenvalue weighted by Crippen LogP contribution is -1.99. The lowest BCUT2D eigenvalue weighted by atomic mass is 10.1. The summed E-state index contributed by atoms with van der Waals surface area (Å²) in [6.07, 6.45) is 1.63. The molecule has 0 bridgehead atoms. The average molecular weight is 313 g/mol. The second kappa shape index (κ2) is 5.02. The highest BCUT2D eigenvalue weighted by atomic mass is 79.9.